The minimum atomic E-state index is -0.433. The smallest absolute Gasteiger partial charge is 0.267 e. The van der Waals surface area contributed by atoms with Crippen LogP contribution in [-0.4, -0.2) is 5.91 Å². The fraction of sp³-hybridized carbons (Fsp3) is 0.111. The third-order valence-electron chi connectivity index (χ3n) is 3.20. The zero-order valence-electron chi connectivity index (χ0n) is 12.9. The molecule has 0 aliphatic heterocycles. The van der Waals surface area contributed by atoms with Crippen molar-refractivity contribution in [3.05, 3.63) is 68.9 Å². The van der Waals surface area contributed by atoms with Crippen LogP contribution in [0.2, 0.25) is 0 Å². The lowest BCUT2D eigenvalue weighted by molar-refractivity contribution is -0.112. The largest absolute Gasteiger partial charge is 0.360 e. The molecule has 116 valence electrons. The highest BCUT2D eigenvalue weighted by Crippen LogP contribution is 2.18. The topological polar surface area (TPSA) is 64.9 Å². The van der Waals surface area contributed by atoms with Gasteiger partial charge >= 0.3 is 0 Å². The number of benzene rings is 2. The lowest BCUT2D eigenvalue weighted by Crippen LogP contribution is -2.15. The maximum absolute atomic E-state index is 12.2. The quantitative estimate of drug-likeness (QED) is 0.441. The van der Waals surface area contributed by atoms with E-state index in [4.69, 9.17) is 0 Å². The number of hydrogen-bond acceptors (Lipinski definition) is 3. The maximum Gasteiger partial charge on any atom is 0.267 e. The van der Waals surface area contributed by atoms with Crippen molar-refractivity contribution in [2.45, 2.75) is 13.8 Å². The molecular formula is C18H16IN3O. The highest BCUT2D eigenvalue weighted by Gasteiger charge is 2.10. The zero-order valence-corrected chi connectivity index (χ0v) is 15.0. The van der Waals surface area contributed by atoms with E-state index in [-0.39, 0.29) is 5.57 Å². The van der Waals surface area contributed by atoms with Gasteiger partial charge in [0.1, 0.15) is 11.6 Å². The highest BCUT2D eigenvalue weighted by molar-refractivity contribution is 14.1. The predicted molar refractivity (Wildman–Crippen MR) is 101 cm³/mol. The Bertz CT molecular complexity index is 806. The van der Waals surface area contributed by atoms with Crippen molar-refractivity contribution in [1.82, 2.24) is 0 Å². The maximum atomic E-state index is 12.2. The standard InChI is InChI=1S/C18H16IN3O/c1-12-4-3-5-16(8-12)21-11-14(10-20)18(23)22-17-7-6-15(19)9-13(17)2/h3-9,11,21H,1-2H3,(H,22,23)/b14-11-. The summed E-state index contributed by atoms with van der Waals surface area (Å²) in [6.07, 6.45) is 1.42. The molecule has 0 radical (unpaired) electrons. The molecule has 0 heterocycles. The summed E-state index contributed by atoms with van der Waals surface area (Å²) in [5.41, 5.74) is 3.60. The van der Waals surface area contributed by atoms with E-state index >= 15 is 0 Å². The highest BCUT2D eigenvalue weighted by atomic mass is 127. The van der Waals surface area contributed by atoms with Gasteiger partial charge in [-0.1, -0.05) is 12.1 Å². The summed E-state index contributed by atoms with van der Waals surface area (Å²) < 4.78 is 1.09. The normalized spacial score (nSPS) is 10.8. The third-order valence-corrected chi connectivity index (χ3v) is 3.87. The first kappa shape index (κ1) is 17.0. The summed E-state index contributed by atoms with van der Waals surface area (Å²) >= 11 is 2.21. The summed E-state index contributed by atoms with van der Waals surface area (Å²) in [5.74, 6) is -0.433. The van der Waals surface area contributed by atoms with Gasteiger partial charge in [0.25, 0.3) is 5.91 Å². The van der Waals surface area contributed by atoms with E-state index in [1.165, 1.54) is 6.20 Å². The molecule has 0 bridgehead atoms. The molecule has 2 N–H and O–H groups in total. The fourth-order valence-corrected chi connectivity index (χ4v) is 2.64. The van der Waals surface area contributed by atoms with Crippen molar-refractivity contribution in [2.24, 2.45) is 0 Å². The summed E-state index contributed by atoms with van der Waals surface area (Å²) in [5, 5.41) is 14.9. The molecule has 23 heavy (non-hydrogen) atoms. The minimum absolute atomic E-state index is 0.0180. The first-order chi connectivity index (χ1) is 11.0. The van der Waals surface area contributed by atoms with Gasteiger partial charge in [-0.2, -0.15) is 5.26 Å². The lowest BCUT2D eigenvalue weighted by atomic mass is 10.2. The molecule has 2 aromatic rings. The van der Waals surface area contributed by atoms with Crippen LogP contribution in [0.5, 0.6) is 0 Å². The molecule has 0 atom stereocenters. The Morgan fingerprint density at radius 1 is 1.22 bits per heavy atom. The number of anilines is 2. The van der Waals surface area contributed by atoms with Crippen LogP contribution < -0.4 is 10.6 Å². The molecule has 0 aliphatic carbocycles. The van der Waals surface area contributed by atoms with Gasteiger partial charge in [0, 0.05) is 21.1 Å². The minimum Gasteiger partial charge on any atom is -0.360 e. The second-order valence-corrected chi connectivity index (χ2v) is 6.34. The van der Waals surface area contributed by atoms with Crippen molar-refractivity contribution < 1.29 is 4.79 Å². The Hall–Kier alpha value is -2.33. The van der Waals surface area contributed by atoms with E-state index in [1.54, 1.807) is 0 Å². The lowest BCUT2D eigenvalue weighted by Gasteiger charge is -2.08. The molecule has 2 rings (SSSR count). The summed E-state index contributed by atoms with van der Waals surface area (Å²) in [4.78, 5) is 12.2. The van der Waals surface area contributed by atoms with Crippen molar-refractivity contribution in [2.75, 3.05) is 10.6 Å². The van der Waals surface area contributed by atoms with E-state index in [0.717, 1.165) is 20.4 Å². The molecular weight excluding hydrogens is 401 g/mol. The number of amides is 1. The SMILES string of the molecule is Cc1cccc(N/C=C(/C#N)C(=O)Nc2ccc(I)cc2C)c1. The second kappa shape index (κ2) is 7.79. The number of nitriles is 1. The van der Waals surface area contributed by atoms with Crippen LogP contribution in [0.4, 0.5) is 11.4 Å². The van der Waals surface area contributed by atoms with Crippen LogP contribution in [-0.2, 0) is 4.79 Å². The molecule has 0 fully saturated rings. The van der Waals surface area contributed by atoms with Crippen LogP contribution in [0.3, 0.4) is 0 Å². The van der Waals surface area contributed by atoms with E-state index in [2.05, 4.69) is 33.2 Å². The number of hydrogen-bond donors (Lipinski definition) is 2. The number of carbonyl (C=O) groups is 1. The second-order valence-electron chi connectivity index (χ2n) is 5.10. The first-order valence-corrected chi connectivity index (χ1v) is 8.08. The Morgan fingerprint density at radius 3 is 2.65 bits per heavy atom. The number of rotatable bonds is 4. The molecule has 2 aromatic carbocycles. The van der Waals surface area contributed by atoms with Crippen LogP contribution in [0.25, 0.3) is 0 Å². The van der Waals surface area contributed by atoms with Crippen molar-refractivity contribution >= 4 is 39.9 Å². The van der Waals surface area contributed by atoms with Gasteiger partial charge in [-0.3, -0.25) is 4.79 Å². The number of halogens is 1. The molecule has 1 amide bonds. The van der Waals surface area contributed by atoms with Crippen molar-refractivity contribution in [1.29, 1.82) is 5.26 Å². The van der Waals surface area contributed by atoms with Crippen molar-refractivity contribution in [3.63, 3.8) is 0 Å². The van der Waals surface area contributed by atoms with Gasteiger partial charge in [0.05, 0.1) is 0 Å². The van der Waals surface area contributed by atoms with Gasteiger partial charge in [-0.15, -0.1) is 0 Å². The van der Waals surface area contributed by atoms with E-state index in [0.29, 0.717) is 5.69 Å². The Labute approximate surface area is 149 Å². The molecule has 0 saturated heterocycles. The molecule has 0 saturated carbocycles. The molecule has 0 spiro atoms. The molecule has 0 aliphatic rings. The zero-order chi connectivity index (χ0) is 16.8. The van der Waals surface area contributed by atoms with Gasteiger partial charge in [0.2, 0.25) is 0 Å². The summed E-state index contributed by atoms with van der Waals surface area (Å²) in [7, 11) is 0. The average molecular weight is 417 g/mol. The van der Waals surface area contributed by atoms with E-state index < -0.39 is 5.91 Å². The van der Waals surface area contributed by atoms with Crippen molar-refractivity contribution in [3.8, 4) is 6.07 Å². The summed E-state index contributed by atoms with van der Waals surface area (Å²) in [6.45, 7) is 3.89. The Morgan fingerprint density at radius 2 is 2.00 bits per heavy atom. The predicted octanol–water partition coefficient (Wildman–Crippen LogP) is 4.37. The monoisotopic (exact) mass is 417 g/mol. The van der Waals surface area contributed by atoms with Crippen LogP contribution in [0.15, 0.2) is 54.2 Å². The van der Waals surface area contributed by atoms with Crippen LogP contribution >= 0.6 is 22.6 Å². The van der Waals surface area contributed by atoms with Gasteiger partial charge in [-0.25, -0.2) is 0 Å². The number of nitrogens with one attached hydrogen (secondary N) is 2. The Balaban J connectivity index is 2.12. The molecule has 0 aromatic heterocycles. The van der Waals surface area contributed by atoms with E-state index in [1.807, 2.05) is 62.4 Å². The van der Waals surface area contributed by atoms with E-state index in [9.17, 15) is 10.1 Å². The summed E-state index contributed by atoms with van der Waals surface area (Å²) in [6, 6.07) is 15.3. The van der Waals surface area contributed by atoms with Gasteiger partial charge in [-0.05, 0) is 77.9 Å². The fourth-order valence-electron chi connectivity index (χ4n) is 2.00. The number of nitrogens with zero attached hydrogens (tertiary/aromatic N) is 1. The first-order valence-electron chi connectivity index (χ1n) is 7.00. The van der Waals surface area contributed by atoms with Gasteiger partial charge < -0.3 is 10.6 Å². The Kier molecular flexibility index (Phi) is 5.77. The van der Waals surface area contributed by atoms with Crippen LogP contribution in [0, 0.1) is 28.7 Å². The van der Waals surface area contributed by atoms with Gasteiger partial charge in [0.15, 0.2) is 0 Å². The third kappa shape index (κ3) is 4.83. The number of aryl methyl sites for hydroxylation is 2. The number of carbonyl (C=O) groups excluding carboxylic acids is 1. The average Bonchev–Trinajstić information content (AvgIpc) is 2.51. The molecule has 0 unspecified atom stereocenters. The van der Waals surface area contributed by atoms with Crippen LogP contribution in [0.1, 0.15) is 11.1 Å². The molecule has 4 nitrogen and oxygen atoms in total. The molecule has 5 heteroatoms.